The Hall–Kier alpha value is -6.09. The van der Waals surface area contributed by atoms with Gasteiger partial charge in [-0.05, 0) is 108 Å². The maximum absolute atomic E-state index is 4.89. The Labute approximate surface area is 782 Å². The molecule has 0 atom stereocenters. The molecule has 0 amide bonds. The van der Waals surface area contributed by atoms with Crippen LogP contribution in [0.25, 0.3) is 0 Å². The summed E-state index contributed by atoms with van der Waals surface area (Å²) < 4.78 is 4.65. The first-order valence-corrected chi connectivity index (χ1v) is 47.8. The van der Waals surface area contributed by atoms with Gasteiger partial charge in [0.2, 0.25) is 0 Å². The lowest BCUT2D eigenvalue weighted by atomic mass is 9.76. The normalized spacial score (nSPS) is 13.8. The van der Waals surface area contributed by atoms with Crippen molar-refractivity contribution in [2.75, 3.05) is 0 Å². The minimum absolute atomic E-state index is 0.0126. The maximum atomic E-state index is 4.89. The number of hydrogen-bond donors (Lipinski definition) is 0. The number of rotatable bonds is 0. The van der Waals surface area contributed by atoms with Gasteiger partial charge in [-0.25, -0.2) is 29.5 Å². The van der Waals surface area contributed by atoms with E-state index in [1.54, 1.807) is 0 Å². The molecule has 6 heterocycles. The smallest absolute Gasteiger partial charge is 0.191 e. The van der Waals surface area contributed by atoms with Crippen molar-refractivity contribution in [3.63, 3.8) is 0 Å². The van der Waals surface area contributed by atoms with Gasteiger partial charge in [-0.15, -0.1) is 0 Å². The van der Waals surface area contributed by atoms with E-state index >= 15 is 0 Å². The first-order chi connectivity index (χ1) is 54.7. The first kappa shape index (κ1) is 118. The SMILES string of the molecule is CC(C)(C)c1c[n+](C(C)(C)C)cc(C(C)(C)C)n1.CC(C)(C)c1cc(C(C)(C)C)c[n+](C(C)(C)C)c1.CC(C)(C)c1cc(C(C)(C)C)cc(C(C)(C)C)c1.CC(C)(C)c1cc(C(C)(C)C)nc(C(C)(C)C)c1.CC(C)(C)c1cc(C(C)(C)C)nc(C(C)(C)C)c1.CC(C)(C)c1cc(C(C)(C)C)nc(C(C)(C)C)n1.CC(C)(C)c1cc(C(C)(C)C)nc(C(C)(C)C)n1. The molecule has 9 nitrogen and oxygen atoms in total. The van der Waals surface area contributed by atoms with E-state index in [0.717, 1.165) is 45.8 Å². The summed E-state index contributed by atoms with van der Waals surface area (Å²) in [5.41, 5.74) is 23.8. The van der Waals surface area contributed by atoms with Gasteiger partial charge in [-0.1, -0.05) is 413 Å². The van der Waals surface area contributed by atoms with E-state index in [-0.39, 0.29) is 114 Å². The van der Waals surface area contributed by atoms with Crippen LogP contribution in [-0.2, 0) is 114 Å². The highest BCUT2D eigenvalue weighted by Gasteiger charge is 2.36. The minimum Gasteiger partial charge on any atom is -0.257 e. The highest BCUT2D eigenvalue weighted by Crippen LogP contribution is 2.40. The second-order valence-corrected chi connectivity index (χ2v) is 58.3. The van der Waals surface area contributed by atoms with Crippen molar-refractivity contribution in [3.8, 4) is 0 Å². The molecule has 0 fully saturated rings. The molecule has 0 spiro atoms. The van der Waals surface area contributed by atoms with Crippen molar-refractivity contribution in [2.24, 2.45) is 0 Å². The highest BCUT2D eigenvalue weighted by molar-refractivity contribution is 5.41. The summed E-state index contributed by atoms with van der Waals surface area (Å²) in [7, 11) is 0. The lowest BCUT2D eigenvalue weighted by molar-refractivity contribution is -0.755. The topological polar surface area (TPSA) is 98.0 Å². The van der Waals surface area contributed by atoms with Gasteiger partial charge in [-0.3, -0.25) is 9.97 Å². The Morgan fingerprint density at radius 1 is 0.127 bits per heavy atom. The van der Waals surface area contributed by atoms with E-state index in [1.165, 1.54) is 61.7 Å². The van der Waals surface area contributed by atoms with Crippen molar-refractivity contribution in [1.82, 2.24) is 34.9 Å². The summed E-state index contributed by atoms with van der Waals surface area (Å²) in [6.45, 7) is 141. The highest BCUT2D eigenvalue weighted by atomic mass is 15.0. The van der Waals surface area contributed by atoms with Crippen LogP contribution in [0.4, 0.5) is 0 Å². The zero-order valence-electron chi connectivity index (χ0n) is 95.1. The van der Waals surface area contributed by atoms with Crippen LogP contribution < -0.4 is 9.13 Å². The fourth-order valence-electron chi connectivity index (χ4n) is 11.9. The third-order valence-electron chi connectivity index (χ3n) is 22.3. The Bertz CT molecular complexity index is 3250. The van der Waals surface area contributed by atoms with E-state index in [9.17, 15) is 0 Å². The van der Waals surface area contributed by atoms with Crippen LogP contribution in [0.15, 0.2) is 85.5 Å². The summed E-state index contributed by atoms with van der Waals surface area (Å²) in [5, 5.41) is 0. The maximum Gasteiger partial charge on any atom is 0.191 e. The summed E-state index contributed by atoms with van der Waals surface area (Å²) >= 11 is 0. The zero-order valence-corrected chi connectivity index (χ0v) is 95.1. The van der Waals surface area contributed by atoms with Gasteiger partial charge in [0.1, 0.15) is 23.0 Å². The Balaban J connectivity index is 0.000000735. The molecule has 7 rings (SSSR count). The van der Waals surface area contributed by atoms with Crippen LogP contribution in [0.3, 0.4) is 0 Å². The Morgan fingerprint density at radius 2 is 0.262 bits per heavy atom. The molecule has 126 heavy (non-hydrogen) atoms. The Kier molecular flexibility index (Phi) is 37.2. The van der Waals surface area contributed by atoms with Gasteiger partial charge in [0.05, 0.1) is 0 Å². The van der Waals surface area contributed by atoms with Crippen molar-refractivity contribution in [1.29, 1.82) is 0 Å². The van der Waals surface area contributed by atoms with Gasteiger partial charge in [-0.2, -0.15) is 4.57 Å². The predicted molar refractivity (Wildman–Crippen MR) is 555 cm³/mol. The van der Waals surface area contributed by atoms with Crippen molar-refractivity contribution < 1.29 is 9.13 Å². The second kappa shape index (κ2) is 39.8. The number of hydrogen-bond acceptors (Lipinski definition) is 7. The summed E-state index contributed by atoms with van der Waals surface area (Å²) in [6, 6.07) is 22.9. The molecular weight excluding hydrogens is 1530 g/mol. The van der Waals surface area contributed by atoms with E-state index in [1.807, 2.05) is 0 Å². The van der Waals surface area contributed by atoms with Crippen LogP contribution >= 0.6 is 0 Å². The molecule has 0 aliphatic rings. The predicted octanol–water partition coefficient (Wildman–Crippen LogP) is 32.3. The lowest BCUT2D eigenvalue weighted by Crippen LogP contribution is -2.51. The first-order valence-electron chi connectivity index (χ1n) is 47.8. The number of aromatic nitrogens is 9. The molecular formula is C117H203N9+2. The van der Waals surface area contributed by atoms with Crippen molar-refractivity contribution in [3.05, 3.63) is 193 Å². The summed E-state index contributed by atoms with van der Waals surface area (Å²) in [5.74, 6) is 1.89. The van der Waals surface area contributed by atoms with Gasteiger partial charge < -0.3 is 0 Å². The third kappa shape index (κ3) is 38.8. The number of benzene rings is 1. The van der Waals surface area contributed by atoms with E-state index in [2.05, 4.69) is 531 Å². The molecule has 0 radical (unpaired) electrons. The molecule has 9 heteroatoms. The second-order valence-electron chi connectivity index (χ2n) is 58.3. The monoisotopic (exact) mass is 1730 g/mol. The largest absolute Gasteiger partial charge is 0.257 e. The van der Waals surface area contributed by atoms with Crippen molar-refractivity contribution >= 4 is 0 Å². The van der Waals surface area contributed by atoms with E-state index < -0.39 is 0 Å². The molecule has 7 aromatic rings. The third-order valence-corrected chi connectivity index (χ3v) is 22.3. The van der Waals surface area contributed by atoms with Crippen molar-refractivity contribution in [2.45, 2.75) is 550 Å². The molecule has 0 bridgehead atoms. The summed E-state index contributed by atoms with van der Waals surface area (Å²) in [4.78, 5) is 33.8. The van der Waals surface area contributed by atoms with Crippen LogP contribution in [0.2, 0.25) is 0 Å². The number of pyridine rings is 3. The molecule has 0 N–H and O–H groups in total. The molecule has 0 unspecified atom stereocenters. The summed E-state index contributed by atoms with van der Waals surface area (Å²) in [6.07, 6.45) is 8.98. The standard InChI is InChI=1S/C18H30.C17H30N.2C17H29N.C16H29N2.2C16H28N2/c1-16(2,3)13-10-14(17(4,5)6)12-15(11-13)18(7,8)9;1-15(2,3)13-10-14(16(4,5)6)12-18(11-13)17(7,8)9;2*1-15(2,3)12-10-13(16(4,5)6)18-14(11-12)17(7,8)9;1-14(2,3)12-10-18(16(7,8)9)11-13(17-12)15(4,5)6;2*1-14(2,3)11-10-12(15(4,5)6)18-13(17-11)16(7,8)9/h2*10-12H,1-9H3;3*10-11H,1-9H3;2*10H,1-9H3/q;+1;;;+1;;. The van der Waals surface area contributed by atoms with Gasteiger partial charge in [0.15, 0.2) is 35.9 Å². The molecule has 0 saturated heterocycles. The lowest BCUT2D eigenvalue weighted by Gasteiger charge is -2.29. The van der Waals surface area contributed by atoms with Gasteiger partial charge in [0.25, 0.3) is 0 Å². The quantitative estimate of drug-likeness (QED) is 0.140. The van der Waals surface area contributed by atoms with E-state index in [4.69, 9.17) is 34.9 Å². The average Bonchev–Trinajstić information content (AvgIpc) is 0.825. The number of nitrogens with zero attached hydrogens (tertiary/aromatic N) is 9. The molecule has 0 aliphatic carbocycles. The van der Waals surface area contributed by atoms with E-state index in [0.29, 0.717) is 0 Å². The molecule has 6 aromatic heterocycles. The van der Waals surface area contributed by atoms with Crippen LogP contribution in [-0.4, -0.2) is 34.9 Å². The molecule has 714 valence electrons. The van der Waals surface area contributed by atoms with Gasteiger partial charge in [0, 0.05) is 163 Å². The van der Waals surface area contributed by atoms with Crippen LogP contribution in [0.1, 0.15) is 544 Å². The van der Waals surface area contributed by atoms with Crippen LogP contribution in [0, 0.1) is 0 Å². The average molecular weight is 1740 g/mol. The fourth-order valence-corrected chi connectivity index (χ4v) is 11.9. The molecule has 0 saturated carbocycles. The molecule has 0 aliphatic heterocycles. The fraction of sp³-hybridized carbons (Fsp3) is 0.718. The minimum atomic E-state index is -0.0126. The zero-order chi connectivity index (χ0) is 100. The van der Waals surface area contributed by atoms with Crippen LogP contribution in [0.5, 0.6) is 0 Å². The molecule has 1 aromatic carbocycles. The Morgan fingerprint density at radius 3 is 0.405 bits per heavy atom. The van der Waals surface area contributed by atoms with Gasteiger partial charge >= 0.3 is 0 Å².